The van der Waals surface area contributed by atoms with Crippen LogP contribution in [0.25, 0.3) is 0 Å². The summed E-state index contributed by atoms with van der Waals surface area (Å²) in [6.45, 7) is 5.34. The zero-order valence-corrected chi connectivity index (χ0v) is 9.62. The fraction of sp³-hybridized carbons (Fsp3) is 0.385. The predicted octanol–water partition coefficient (Wildman–Crippen LogP) is 3.22. The van der Waals surface area contributed by atoms with Crippen molar-refractivity contribution in [3.8, 4) is 0 Å². The summed E-state index contributed by atoms with van der Waals surface area (Å²) >= 11 is 0. The highest BCUT2D eigenvalue weighted by atomic mass is 15.3. The van der Waals surface area contributed by atoms with Crippen molar-refractivity contribution >= 4 is 5.69 Å². The van der Waals surface area contributed by atoms with Crippen molar-refractivity contribution in [2.24, 2.45) is 0 Å². The second-order valence-electron chi connectivity index (χ2n) is 4.48. The molecule has 0 aliphatic carbocycles. The van der Waals surface area contributed by atoms with E-state index in [1.54, 1.807) is 0 Å². The molecular formula is C13H20N+. The highest BCUT2D eigenvalue weighted by Gasteiger charge is 2.15. The van der Waals surface area contributed by atoms with E-state index < -0.39 is 0 Å². The van der Waals surface area contributed by atoms with E-state index in [0.29, 0.717) is 0 Å². The molecule has 0 aromatic heterocycles. The maximum Gasteiger partial charge on any atom is 0.132 e. The maximum atomic E-state index is 2.28. The molecule has 0 atom stereocenters. The van der Waals surface area contributed by atoms with E-state index in [-0.39, 0.29) is 0 Å². The Kier molecular flexibility index (Phi) is 3.48. The molecule has 1 nitrogen and oxygen atoms in total. The summed E-state index contributed by atoms with van der Waals surface area (Å²) < 4.78 is 0.909. The van der Waals surface area contributed by atoms with E-state index in [1.165, 1.54) is 11.3 Å². The molecular weight excluding hydrogens is 170 g/mol. The van der Waals surface area contributed by atoms with Crippen molar-refractivity contribution < 1.29 is 0 Å². The molecule has 1 aromatic rings. The molecule has 0 bridgehead atoms. The van der Waals surface area contributed by atoms with Gasteiger partial charge < -0.3 is 0 Å². The Balaban J connectivity index is 2.81. The zero-order chi connectivity index (χ0) is 10.6. The van der Waals surface area contributed by atoms with Crippen molar-refractivity contribution in [1.29, 1.82) is 0 Å². The van der Waals surface area contributed by atoms with Crippen LogP contribution in [0.2, 0.25) is 0 Å². The average Bonchev–Trinajstić information content (AvgIpc) is 2.16. The molecule has 0 saturated heterocycles. The Morgan fingerprint density at radius 2 is 1.71 bits per heavy atom. The molecule has 14 heavy (non-hydrogen) atoms. The first-order valence-corrected chi connectivity index (χ1v) is 5.04. The molecule has 1 heteroatoms. The third kappa shape index (κ3) is 3.00. The molecule has 0 spiro atoms. The van der Waals surface area contributed by atoms with Gasteiger partial charge in [0.25, 0.3) is 0 Å². The standard InChI is InChI=1S/C13H20N/c1-12(2)10-11-14(3,4)13-8-6-5-7-9-13/h5-10H,11H2,1-4H3/q+1. The second kappa shape index (κ2) is 4.43. The first-order chi connectivity index (χ1) is 6.52. The monoisotopic (exact) mass is 190 g/mol. The molecule has 0 aliphatic heterocycles. The van der Waals surface area contributed by atoms with Crippen LogP contribution in [0.15, 0.2) is 42.0 Å². The van der Waals surface area contributed by atoms with E-state index in [1.807, 2.05) is 0 Å². The van der Waals surface area contributed by atoms with Gasteiger partial charge in [0.2, 0.25) is 0 Å². The normalized spacial score (nSPS) is 11.1. The summed E-state index contributed by atoms with van der Waals surface area (Å²) in [6, 6.07) is 10.6. The Morgan fingerprint density at radius 3 is 2.21 bits per heavy atom. The number of rotatable bonds is 3. The minimum absolute atomic E-state index is 0.909. The number of nitrogens with zero attached hydrogens (tertiary/aromatic N) is 1. The Morgan fingerprint density at radius 1 is 1.14 bits per heavy atom. The lowest BCUT2D eigenvalue weighted by molar-refractivity contribution is 0.441. The van der Waals surface area contributed by atoms with Crippen LogP contribution in [-0.2, 0) is 0 Å². The second-order valence-corrected chi connectivity index (χ2v) is 4.48. The molecule has 76 valence electrons. The van der Waals surface area contributed by atoms with Gasteiger partial charge in [0.1, 0.15) is 12.2 Å². The summed E-state index contributed by atoms with van der Waals surface area (Å²) in [6.07, 6.45) is 2.28. The predicted molar refractivity (Wildman–Crippen MR) is 64.4 cm³/mol. The minimum atomic E-state index is 0.909. The van der Waals surface area contributed by atoms with E-state index in [0.717, 1.165) is 11.0 Å². The number of hydrogen-bond donors (Lipinski definition) is 0. The maximum absolute atomic E-state index is 2.28. The van der Waals surface area contributed by atoms with Crippen molar-refractivity contribution in [1.82, 2.24) is 4.48 Å². The smallest absolute Gasteiger partial charge is 0.132 e. The molecule has 0 fully saturated rings. The van der Waals surface area contributed by atoms with Crippen LogP contribution in [0.3, 0.4) is 0 Å². The van der Waals surface area contributed by atoms with Gasteiger partial charge in [-0.05, 0) is 32.1 Å². The fourth-order valence-corrected chi connectivity index (χ4v) is 1.35. The third-order valence-corrected chi connectivity index (χ3v) is 2.41. The van der Waals surface area contributed by atoms with E-state index >= 15 is 0 Å². The van der Waals surface area contributed by atoms with Gasteiger partial charge in [0, 0.05) is 0 Å². The molecule has 0 heterocycles. The van der Waals surface area contributed by atoms with Crippen LogP contribution >= 0.6 is 0 Å². The van der Waals surface area contributed by atoms with Crippen molar-refractivity contribution in [3.63, 3.8) is 0 Å². The highest BCUT2D eigenvalue weighted by molar-refractivity contribution is 5.41. The van der Waals surface area contributed by atoms with Gasteiger partial charge in [0.05, 0.1) is 14.1 Å². The van der Waals surface area contributed by atoms with Gasteiger partial charge in [0.15, 0.2) is 0 Å². The van der Waals surface area contributed by atoms with Gasteiger partial charge in [-0.1, -0.05) is 23.8 Å². The lowest BCUT2D eigenvalue weighted by atomic mass is 10.2. The Labute approximate surface area is 87.3 Å². The number of quaternary nitrogens is 1. The molecule has 0 N–H and O–H groups in total. The van der Waals surface area contributed by atoms with Gasteiger partial charge in [-0.3, -0.25) is 4.48 Å². The van der Waals surface area contributed by atoms with Crippen LogP contribution in [0, 0.1) is 0 Å². The third-order valence-electron chi connectivity index (χ3n) is 2.41. The first-order valence-electron chi connectivity index (χ1n) is 5.04. The van der Waals surface area contributed by atoms with Crippen molar-refractivity contribution in [2.45, 2.75) is 13.8 Å². The SMILES string of the molecule is CC(C)=CC[N+](C)(C)c1ccccc1. The summed E-state index contributed by atoms with van der Waals surface area (Å²) in [5.41, 5.74) is 2.73. The Hall–Kier alpha value is -1.08. The molecule has 0 saturated carbocycles. The number of benzene rings is 1. The lowest BCUT2D eigenvalue weighted by Crippen LogP contribution is -2.40. The van der Waals surface area contributed by atoms with Crippen LogP contribution in [0.1, 0.15) is 13.8 Å². The number of hydrogen-bond acceptors (Lipinski definition) is 0. The highest BCUT2D eigenvalue weighted by Crippen LogP contribution is 2.17. The summed E-state index contributed by atoms with van der Waals surface area (Å²) in [4.78, 5) is 0. The van der Waals surface area contributed by atoms with Gasteiger partial charge in [-0.25, -0.2) is 0 Å². The molecule has 0 unspecified atom stereocenters. The zero-order valence-electron chi connectivity index (χ0n) is 9.62. The fourth-order valence-electron chi connectivity index (χ4n) is 1.35. The quantitative estimate of drug-likeness (QED) is 0.507. The Bertz CT molecular complexity index is 305. The molecule has 1 aromatic carbocycles. The largest absolute Gasteiger partial charge is 0.293 e. The van der Waals surface area contributed by atoms with Crippen LogP contribution in [-0.4, -0.2) is 20.6 Å². The van der Waals surface area contributed by atoms with Gasteiger partial charge in [-0.2, -0.15) is 0 Å². The molecule has 1 rings (SSSR count). The van der Waals surface area contributed by atoms with Crippen molar-refractivity contribution in [2.75, 3.05) is 20.6 Å². The minimum Gasteiger partial charge on any atom is -0.293 e. The van der Waals surface area contributed by atoms with Gasteiger partial charge >= 0.3 is 0 Å². The number of likely N-dealkylation sites (N-methyl/N-ethyl adjacent to an activating group) is 1. The summed E-state index contributed by atoms with van der Waals surface area (Å²) in [7, 11) is 4.46. The van der Waals surface area contributed by atoms with Crippen LogP contribution < -0.4 is 4.48 Å². The van der Waals surface area contributed by atoms with Gasteiger partial charge in [-0.15, -0.1) is 0 Å². The number of para-hydroxylation sites is 1. The van der Waals surface area contributed by atoms with Crippen LogP contribution in [0.5, 0.6) is 0 Å². The molecule has 0 radical (unpaired) electrons. The average molecular weight is 190 g/mol. The van der Waals surface area contributed by atoms with Crippen molar-refractivity contribution in [3.05, 3.63) is 42.0 Å². The first kappa shape index (κ1) is 11.0. The topological polar surface area (TPSA) is 0 Å². The lowest BCUT2D eigenvalue weighted by Gasteiger charge is -2.28. The van der Waals surface area contributed by atoms with E-state index in [9.17, 15) is 0 Å². The summed E-state index contributed by atoms with van der Waals surface area (Å²) in [5.74, 6) is 0. The summed E-state index contributed by atoms with van der Waals surface area (Å²) in [5, 5.41) is 0. The van der Waals surface area contributed by atoms with E-state index in [4.69, 9.17) is 0 Å². The van der Waals surface area contributed by atoms with Crippen LogP contribution in [0.4, 0.5) is 5.69 Å². The molecule has 0 aliphatic rings. The number of allylic oxidation sites excluding steroid dienone is 1. The van der Waals surface area contributed by atoms with E-state index in [2.05, 4.69) is 64.4 Å². The molecule has 0 amide bonds.